The molecule has 0 fully saturated rings. The van der Waals surface area contributed by atoms with E-state index < -0.39 is 5.54 Å². The molecule has 1 N–H and O–H groups in total. The molecule has 3 heteroatoms. The summed E-state index contributed by atoms with van der Waals surface area (Å²) in [5.41, 5.74) is 1.46. The van der Waals surface area contributed by atoms with E-state index in [0.717, 1.165) is 11.1 Å². The Kier molecular flexibility index (Phi) is 4.80. The summed E-state index contributed by atoms with van der Waals surface area (Å²) in [6.45, 7) is 1.94. The Balaban J connectivity index is 2.08. The second kappa shape index (κ2) is 6.58. The van der Waals surface area contributed by atoms with Crippen LogP contribution in [0.4, 0.5) is 0 Å². The molecule has 0 aliphatic carbocycles. The van der Waals surface area contributed by atoms with Crippen LogP contribution in [0.5, 0.6) is 0 Å². The Labute approximate surface area is 124 Å². The number of alkyl halides is 1. The van der Waals surface area contributed by atoms with E-state index >= 15 is 0 Å². The lowest BCUT2D eigenvalue weighted by Gasteiger charge is -2.29. The molecule has 20 heavy (non-hydrogen) atoms. The van der Waals surface area contributed by atoms with E-state index in [2.05, 4.69) is 5.32 Å². The molecule has 0 aromatic heterocycles. The molecule has 0 aliphatic heterocycles. The van der Waals surface area contributed by atoms with Crippen molar-refractivity contribution in [3.63, 3.8) is 0 Å². The molecule has 2 rings (SSSR count). The maximum Gasteiger partial charge on any atom is 0.225 e. The second-order valence-electron chi connectivity index (χ2n) is 5.04. The lowest BCUT2D eigenvalue weighted by Crippen LogP contribution is -2.45. The van der Waals surface area contributed by atoms with Crippen molar-refractivity contribution in [2.75, 3.05) is 5.88 Å². The van der Waals surface area contributed by atoms with Crippen molar-refractivity contribution in [1.29, 1.82) is 0 Å². The van der Waals surface area contributed by atoms with Gasteiger partial charge in [-0.3, -0.25) is 4.79 Å². The van der Waals surface area contributed by atoms with Gasteiger partial charge in [-0.25, -0.2) is 0 Å². The molecule has 0 aliphatic rings. The van der Waals surface area contributed by atoms with E-state index in [-0.39, 0.29) is 5.91 Å². The van der Waals surface area contributed by atoms with Gasteiger partial charge in [0.05, 0.1) is 12.0 Å². The normalized spacial score (nSPS) is 13.5. The van der Waals surface area contributed by atoms with Crippen molar-refractivity contribution in [3.05, 3.63) is 71.8 Å². The second-order valence-corrected chi connectivity index (χ2v) is 5.31. The van der Waals surface area contributed by atoms with Crippen LogP contribution in [0, 0.1) is 0 Å². The van der Waals surface area contributed by atoms with Crippen LogP contribution >= 0.6 is 11.6 Å². The highest BCUT2D eigenvalue weighted by atomic mass is 35.5. The molecule has 0 spiro atoms. The number of hydrogen-bond acceptors (Lipinski definition) is 1. The molecular weight excluding hydrogens is 270 g/mol. The Morgan fingerprint density at radius 3 is 2.15 bits per heavy atom. The largest absolute Gasteiger partial charge is 0.345 e. The van der Waals surface area contributed by atoms with Crippen molar-refractivity contribution in [1.82, 2.24) is 5.32 Å². The van der Waals surface area contributed by atoms with Crippen LogP contribution in [-0.4, -0.2) is 11.8 Å². The number of nitrogens with one attached hydrogen (secondary N) is 1. The van der Waals surface area contributed by atoms with Gasteiger partial charge in [0, 0.05) is 5.88 Å². The fraction of sp³-hybridized carbons (Fsp3) is 0.235. The molecule has 2 nitrogen and oxygen atoms in total. The van der Waals surface area contributed by atoms with Gasteiger partial charge in [-0.05, 0) is 18.1 Å². The van der Waals surface area contributed by atoms with E-state index in [1.165, 1.54) is 0 Å². The van der Waals surface area contributed by atoms with Gasteiger partial charge >= 0.3 is 0 Å². The van der Waals surface area contributed by atoms with Gasteiger partial charge in [0.2, 0.25) is 5.91 Å². The van der Waals surface area contributed by atoms with Crippen molar-refractivity contribution < 1.29 is 4.79 Å². The molecule has 0 saturated heterocycles. The highest BCUT2D eigenvalue weighted by Gasteiger charge is 2.27. The zero-order valence-corrected chi connectivity index (χ0v) is 12.2. The molecule has 2 aromatic rings. The predicted octanol–water partition coefficient (Wildman–Crippen LogP) is 3.50. The number of hydrogen-bond donors (Lipinski definition) is 1. The number of carbonyl (C=O) groups excluding carboxylic acids is 1. The van der Waals surface area contributed by atoms with Crippen LogP contribution in [0.15, 0.2) is 60.7 Å². The molecule has 0 radical (unpaired) electrons. The summed E-state index contributed by atoms with van der Waals surface area (Å²) in [6.07, 6.45) is 0.361. The first-order valence-corrected chi connectivity index (χ1v) is 7.14. The van der Waals surface area contributed by atoms with Crippen LogP contribution in [-0.2, 0) is 16.8 Å². The fourth-order valence-corrected chi connectivity index (χ4v) is 2.34. The van der Waals surface area contributed by atoms with Crippen molar-refractivity contribution in [2.24, 2.45) is 0 Å². The third-order valence-electron chi connectivity index (χ3n) is 3.30. The SMILES string of the molecule is CC(CCl)(NC(=O)Cc1ccccc1)c1ccccc1. The van der Waals surface area contributed by atoms with Crippen molar-refractivity contribution in [3.8, 4) is 0 Å². The number of halogens is 1. The topological polar surface area (TPSA) is 29.1 Å². The number of amides is 1. The highest BCUT2D eigenvalue weighted by molar-refractivity contribution is 6.18. The summed E-state index contributed by atoms with van der Waals surface area (Å²) in [5.74, 6) is 0.306. The molecule has 0 heterocycles. The van der Waals surface area contributed by atoms with Crippen molar-refractivity contribution in [2.45, 2.75) is 18.9 Å². The van der Waals surface area contributed by atoms with Gasteiger partial charge in [0.25, 0.3) is 0 Å². The number of carbonyl (C=O) groups is 1. The fourth-order valence-electron chi connectivity index (χ4n) is 2.12. The first-order chi connectivity index (χ1) is 9.64. The predicted molar refractivity (Wildman–Crippen MR) is 82.8 cm³/mol. The highest BCUT2D eigenvalue weighted by Crippen LogP contribution is 2.22. The molecule has 0 bridgehead atoms. The molecule has 2 aromatic carbocycles. The molecule has 1 atom stereocenters. The molecule has 104 valence electrons. The zero-order valence-electron chi connectivity index (χ0n) is 11.5. The monoisotopic (exact) mass is 287 g/mol. The minimum atomic E-state index is -0.547. The van der Waals surface area contributed by atoms with E-state index in [1.54, 1.807) is 0 Å². The molecule has 1 unspecified atom stereocenters. The Morgan fingerprint density at radius 2 is 1.60 bits per heavy atom. The Bertz CT molecular complexity index is 556. The molecule has 1 amide bonds. The minimum Gasteiger partial charge on any atom is -0.345 e. The summed E-state index contributed by atoms with van der Waals surface area (Å²) in [6, 6.07) is 19.5. The smallest absolute Gasteiger partial charge is 0.225 e. The van der Waals surface area contributed by atoms with E-state index in [9.17, 15) is 4.79 Å². The van der Waals surface area contributed by atoms with Gasteiger partial charge in [-0.2, -0.15) is 0 Å². The lowest BCUT2D eigenvalue weighted by atomic mass is 9.93. The third-order valence-corrected chi connectivity index (χ3v) is 3.84. The van der Waals surface area contributed by atoms with Gasteiger partial charge in [-0.15, -0.1) is 11.6 Å². The average molecular weight is 288 g/mol. The van der Waals surface area contributed by atoms with E-state index in [1.807, 2.05) is 67.6 Å². The van der Waals surface area contributed by atoms with Crippen LogP contribution in [0.1, 0.15) is 18.1 Å². The first-order valence-electron chi connectivity index (χ1n) is 6.60. The lowest BCUT2D eigenvalue weighted by molar-refractivity contribution is -0.122. The van der Waals surface area contributed by atoms with Crippen LogP contribution in [0.2, 0.25) is 0 Å². The summed E-state index contributed by atoms with van der Waals surface area (Å²) >= 11 is 6.08. The molecular formula is C17H18ClNO. The summed E-state index contributed by atoms with van der Waals surface area (Å²) < 4.78 is 0. The number of benzene rings is 2. The van der Waals surface area contributed by atoms with Gasteiger partial charge in [0.1, 0.15) is 0 Å². The molecule has 0 saturated carbocycles. The average Bonchev–Trinajstić information content (AvgIpc) is 2.49. The first kappa shape index (κ1) is 14.6. The summed E-state index contributed by atoms with van der Waals surface area (Å²) in [7, 11) is 0. The van der Waals surface area contributed by atoms with Gasteiger partial charge < -0.3 is 5.32 Å². The van der Waals surface area contributed by atoms with Crippen LogP contribution < -0.4 is 5.32 Å². The van der Waals surface area contributed by atoms with Crippen molar-refractivity contribution >= 4 is 17.5 Å². The van der Waals surface area contributed by atoms with E-state index in [0.29, 0.717) is 12.3 Å². The standard InChI is InChI=1S/C17H18ClNO/c1-17(13-18,15-10-6-3-7-11-15)19-16(20)12-14-8-4-2-5-9-14/h2-11H,12-13H2,1H3,(H,19,20). The third kappa shape index (κ3) is 3.61. The number of rotatable bonds is 5. The Morgan fingerprint density at radius 1 is 1.05 bits per heavy atom. The summed E-state index contributed by atoms with van der Waals surface area (Å²) in [5, 5.41) is 3.04. The van der Waals surface area contributed by atoms with Crippen LogP contribution in [0.3, 0.4) is 0 Å². The quantitative estimate of drug-likeness (QED) is 0.838. The van der Waals surface area contributed by atoms with E-state index in [4.69, 9.17) is 11.6 Å². The minimum absolute atomic E-state index is 0.0248. The Hall–Kier alpha value is -1.80. The maximum atomic E-state index is 12.2. The van der Waals surface area contributed by atoms with Gasteiger partial charge in [0.15, 0.2) is 0 Å². The van der Waals surface area contributed by atoms with Gasteiger partial charge in [-0.1, -0.05) is 60.7 Å². The zero-order chi connectivity index (χ0) is 14.4. The maximum absolute atomic E-state index is 12.2. The summed E-state index contributed by atoms with van der Waals surface area (Å²) in [4.78, 5) is 12.2. The van der Waals surface area contributed by atoms with Crippen LogP contribution in [0.25, 0.3) is 0 Å².